The highest BCUT2D eigenvalue weighted by Crippen LogP contribution is 2.11. The molecule has 1 N–H and O–H groups in total. The van der Waals surface area contributed by atoms with E-state index in [0.717, 1.165) is 19.4 Å². The number of rotatable bonds is 7. The molecule has 3 nitrogen and oxygen atoms in total. The Morgan fingerprint density at radius 3 is 2.74 bits per heavy atom. The third kappa shape index (κ3) is 4.06. The lowest BCUT2D eigenvalue weighted by Crippen LogP contribution is -2.32. The van der Waals surface area contributed by atoms with E-state index in [0.29, 0.717) is 6.67 Å². The zero-order valence-electron chi connectivity index (χ0n) is 11.8. The summed E-state index contributed by atoms with van der Waals surface area (Å²) < 4.78 is 0. The number of carbonyl (C=O) groups excluding carboxylic acids is 1. The van der Waals surface area contributed by atoms with E-state index < -0.39 is 0 Å². The number of hydrogen-bond acceptors (Lipinski definition) is 2. The van der Waals surface area contributed by atoms with E-state index in [4.69, 9.17) is 0 Å². The van der Waals surface area contributed by atoms with Crippen LogP contribution >= 0.6 is 0 Å². The number of nitrogens with one attached hydrogen (secondary N) is 1. The van der Waals surface area contributed by atoms with Gasteiger partial charge in [0.25, 0.3) is 0 Å². The number of carbonyl (C=O) groups is 1. The Morgan fingerprint density at radius 2 is 2.00 bits per heavy atom. The van der Waals surface area contributed by atoms with Crippen LogP contribution in [0.15, 0.2) is 30.3 Å². The molecule has 1 aromatic carbocycles. The Balaban J connectivity index is 1.78. The topological polar surface area (TPSA) is 32.3 Å². The van der Waals surface area contributed by atoms with E-state index in [1.165, 1.54) is 24.8 Å². The maximum absolute atomic E-state index is 12.2. The van der Waals surface area contributed by atoms with E-state index in [1.54, 1.807) is 0 Å². The van der Waals surface area contributed by atoms with Crippen LogP contribution < -0.4 is 5.32 Å². The second-order valence-electron chi connectivity index (χ2n) is 5.27. The smallest absolute Gasteiger partial charge is 0.241 e. The van der Waals surface area contributed by atoms with Gasteiger partial charge in [-0.05, 0) is 18.4 Å². The SMILES string of the molecule is CCCCCCN1CNC(Cc2ccccc2)C1=O. The van der Waals surface area contributed by atoms with Gasteiger partial charge in [0.15, 0.2) is 0 Å². The van der Waals surface area contributed by atoms with E-state index in [1.807, 2.05) is 23.1 Å². The highest BCUT2D eigenvalue weighted by molar-refractivity contribution is 5.84. The van der Waals surface area contributed by atoms with Gasteiger partial charge in [-0.3, -0.25) is 10.1 Å². The minimum atomic E-state index is -0.0337. The second-order valence-corrected chi connectivity index (χ2v) is 5.27. The Bertz CT molecular complexity index is 391. The summed E-state index contributed by atoms with van der Waals surface area (Å²) in [7, 11) is 0. The highest BCUT2D eigenvalue weighted by Gasteiger charge is 2.30. The molecular weight excluding hydrogens is 236 g/mol. The molecule has 0 aromatic heterocycles. The molecule has 1 aliphatic rings. The summed E-state index contributed by atoms with van der Waals surface area (Å²) in [5, 5.41) is 3.32. The summed E-state index contributed by atoms with van der Waals surface area (Å²) in [6, 6.07) is 10.2. The van der Waals surface area contributed by atoms with Gasteiger partial charge < -0.3 is 4.90 Å². The number of nitrogens with zero attached hydrogens (tertiary/aromatic N) is 1. The molecule has 2 rings (SSSR count). The maximum Gasteiger partial charge on any atom is 0.241 e. The molecule has 1 aromatic rings. The molecule has 0 bridgehead atoms. The molecule has 1 fully saturated rings. The van der Waals surface area contributed by atoms with Crippen LogP contribution in [-0.4, -0.2) is 30.1 Å². The van der Waals surface area contributed by atoms with Gasteiger partial charge in [-0.25, -0.2) is 0 Å². The minimum absolute atomic E-state index is 0.0337. The van der Waals surface area contributed by atoms with Crippen LogP contribution in [0.2, 0.25) is 0 Å². The van der Waals surface area contributed by atoms with Gasteiger partial charge >= 0.3 is 0 Å². The van der Waals surface area contributed by atoms with E-state index in [9.17, 15) is 4.79 Å². The predicted molar refractivity (Wildman–Crippen MR) is 77.8 cm³/mol. The van der Waals surface area contributed by atoms with Crippen LogP contribution in [-0.2, 0) is 11.2 Å². The summed E-state index contributed by atoms with van der Waals surface area (Å²) in [4.78, 5) is 14.2. The number of benzene rings is 1. The van der Waals surface area contributed by atoms with Crippen molar-refractivity contribution in [2.24, 2.45) is 0 Å². The fraction of sp³-hybridized carbons (Fsp3) is 0.562. The van der Waals surface area contributed by atoms with E-state index in [2.05, 4.69) is 24.4 Å². The van der Waals surface area contributed by atoms with Crippen LogP contribution in [0.3, 0.4) is 0 Å². The van der Waals surface area contributed by atoms with Crippen LogP contribution in [0.25, 0.3) is 0 Å². The highest BCUT2D eigenvalue weighted by atomic mass is 16.2. The average molecular weight is 260 g/mol. The van der Waals surface area contributed by atoms with Crippen molar-refractivity contribution in [1.29, 1.82) is 0 Å². The van der Waals surface area contributed by atoms with Gasteiger partial charge in [0, 0.05) is 6.54 Å². The number of hydrogen-bond donors (Lipinski definition) is 1. The molecule has 104 valence electrons. The first-order valence-corrected chi connectivity index (χ1v) is 7.37. The van der Waals surface area contributed by atoms with Crippen molar-refractivity contribution in [3.63, 3.8) is 0 Å². The zero-order chi connectivity index (χ0) is 13.5. The molecule has 1 amide bonds. The second kappa shape index (κ2) is 7.29. The zero-order valence-corrected chi connectivity index (χ0v) is 11.8. The minimum Gasteiger partial charge on any atom is -0.329 e. The summed E-state index contributed by atoms with van der Waals surface area (Å²) in [6.07, 6.45) is 5.65. The van der Waals surface area contributed by atoms with Crippen molar-refractivity contribution >= 4 is 5.91 Å². The first-order chi connectivity index (χ1) is 9.31. The molecule has 1 heterocycles. The number of amides is 1. The van der Waals surface area contributed by atoms with Crippen LogP contribution in [0.1, 0.15) is 38.2 Å². The average Bonchev–Trinajstić information content (AvgIpc) is 2.78. The summed E-state index contributed by atoms with van der Waals surface area (Å²) >= 11 is 0. The van der Waals surface area contributed by atoms with Gasteiger partial charge in [0.2, 0.25) is 5.91 Å². The van der Waals surface area contributed by atoms with Crippen LogP contribution in [0.4, 0.5) is 0 Å². The van der Waals surface area contributed by atoms with E-state index in [-0.39, 0.29) is 11.9 Å². The van der Waals surface area contributed by atoms with E-state index >= 15 is 0 Å². The first kappa shape index (κ1) is 14.1. The Kier molecular flexibility index (Phi) is 5.40. The third-order valence-electron chi connectivity index (χ3n) is 3.70. The quantitative estimate of drug-likeness (QED) is 0.764. The molecule has 1 aliphatic heterocycles. The van der Waals surface area contributed by atoms with Crippen molar-refractivity contribution in [2.75, 3.05) is 13.2 Å². The summed E-state index contributed by atoms with van der Waals surface area (Å²) in [5.74, 6) is 0.264. The monoisotopic (exact) mass is 260 g/mol. The standard InChI is InChI=1S/C16H24N2O/c1-2-3-4-8-11-18-13-17-15(16(18)19)12-14-9-6-5-7-10-14/h5-7,9-10,15,17H,2-4,8,11-13H2,1H3. The van der Waals surface area contributed by atoms with Gasteiger partial charge in [0.1, 0.15) is 0 Å². The summed E-state index contributed by atoms with van der Waals surface area (Å²) in [5.41, 5.74) is 1.22. The largest absolute Gasteiger partial charge is 0.329 e. The number of unbranched alkanes of at least 4 members (excludes halogenated alkanes) is 3. The van der Waals surface area contributed by atoms with Gasteiger partial charge in [-0.15, -0.1) is 0 Å². The lowest BCUT2D eigenvalue weighted by Gasteiger charge is -2.15. The molecule has 0 aliphatic carbocycles. The Hall–Kier alpha value is -1.35. The Labute approximate surface area is 116 Å². The fourth-order valence-electron chi connectivity index (χ4n) is 2.53. The maximum atomic E-state index is 12.2. The van der Waals surface area contributed by atoms with Gasteiger partial charge in [-0.2, -0.15) is 0 Å². The Morgan fingerprint density at radius 1 is 1.21 bits per heavy atom. The lowest BCUT2D eigenvalue weighted by atomic mass is 10.1. The van der Waals surface area contributed by atoms with Gasteiger partial charge in [-0.1, -0.05) is 56.5 Å². The molecule has 1 unspecified atom stereocenters. The van der Waals surface area contributed by atoms with Crippen molar-refractivity contribution in [3.05, 3.63) is 35.9 Å². The molecule has 1 atom stereocenters. The molecule has 3 heteroatoms. The lowest BCUT2D eigenvalue weighted by molar-refractivity contribution is -0.128. The van der Waals surface area contributed by atoms with Crippen molar-refractivity contribution in [2.45, 2.75) is 45.1 Å². The van der Waals surface area contributed by atoms with Crippen molar-refractivity contribution in [1.82, 2.24) is 10.2 Å². The van der Waals surface area contributed by atoms with Gasteiger partial charge in [0.05, 0.1) is 12.7 Å². The van der Waals surface area contributed by atoms with Crippen LogP contribution in [0.5, 0.6) is 0 Å². The van der Waals surface area contributed by atoms with Crippen molar-refractivity contribution < 1.29 is 4.79 Å². The first-order valence-electron chi connectivity index (χ1n) is 7.37. The molecule has 0 spiro atoms. The molecule has 1 saturated heterocycles. The summed E-state index contributed by atoms with van der Waals surface area (Å²) in [6.45, 7) is 3.82. The predicted octanol–water partition coefficient (Wildman–Crippen LogP) is 2.57. The molecule has 0 radical (unpaired) electrons. The molecule has 19 heavy (non-hydrogen) atoms. The normalized spacial score (nSPS) is 19.1. The molecular formula is C16H24N2O. The fourth-order valence-corrected chi connectivity index (χ4v) is 2.53. The van der Waals surface area contributed by atoms with Crippen LogP contribution in [0, 0.1) is 0 Å². The third-order valence-corrected chi connectivity index (χ3v) is 3.70. The van der Waals surface area contributed by atoms with Crippen molar-refractivity contribution in [3.8, 4) is 0 Å². The molecule has 0 saturated carbocycles.